The molecule has 21 heavy (non-hydrogen) atoms. The molecule has 2 N–H and O–H groups in total. The molecule has 5 heteroatoms. The molecule has 3 heterocycles. The summed E-state index contributed by atoms with van der Waals surface area (Å²) in [4.78, 5) is 9.05. The van der Waals surface area contributed by atoms with E-state index in [0.29, 0.717) is 5.82 Å². The summed E-state index contributed by atoms with van der Waals surface area (Å²) >= 11 is 0. The number of fused-ring (bicyclic) bond motifs is 1. The highest BCUT2D eigenvalue weighted by atomic mass is 15.3. The van der Waals surface area contributed by atoms with Gasteiger partial charge in [-0.1, -0.05) is 6.92 Å². The minimum atomic E-state index is 0.536. The zero-order valence-electron chi connectivity index (χ0n) is 12.6. The number of hydrogen-bond donors (Lipinski definition) is 1. The van der Waals surface area contributed by atoms with Crippen molar-refractivity contribution in [3.63, 3.8) is 0 Å². The molecule has 0 bridgehead atoms. The molecule has 0 radical (unpaired) electrons. The summed E-state index contributed by atoms with van der Waals surface area (Å²) in [5.41, 5.74) is 11.2. The Morgan fingerprint density at radius 2 is 2.05 bits per heavy atom. The third kappa shape index (κ3) is 2.24. The molecular weight excluding hydrogens is 262 g/mol. The zero-order valence-corrected chi connectivity index (χ0v) is 12.6. The molecule has 0 atom stereocenters. The third-order valence-electron chi connectivity index (χ3n) is 3.67. The largest absolute Gasteiger partial charge is 0.382 e. The maximum Gasteiger partial charge on any atom is 0.160 e. The summed E-state index contributed by atoms with van der Waals surface area (Å²) in [6, 6.07) is 6.18. The molecule has 0 unspecified atom stereocenters. The van der Waals surface area contributed by atoms with Crippen LogP contribution in [0.2, 0.25) is 0 Å². The van der Waals surface area contributed by atoms with E-state index in [1.54, 1.807) is 0 Å². The monoisotopic (exact) mass is 281 g/mol. The summed E-state index contributed by atoms with van der Waals surface area (Å²) in [6.07, 6.45) is 2.69. The molecule has 0 aromatic carbocycles. The van der Waals surface area contributed by atoms with Crippen LogP contribution in [0, 0.1) is 6.92 Å². The van der Waals surface area contributed by atoms with Crippen LogP contribution in [0.4, 0.5) is 5.82 Å². The lowest BCUT2D eigenvalue weighted by atomic mass is 10.0. The van der Waals surface area contributed by atoms with Gasteiger partial charge in [0.05, 0.1) is 11.1 Å². The van der Waals surface area contributed by atoms with Gasteiger partial charge in [-0.25, -0.2) is 9.67 Å². The second kappa shape index (κ2) is 5.16. The van der Waals surface area contributed by atoms with E-state index < -0.39 is 0 Å². The Morgan fingerprint density at radius 3 is 2.71 bits per heavy atom. The van der Waals surface area contributed by atoms with E-state index in [4.69, 9.17) is 10.7 Å². The summed E-state index contributed by atoms with van der Waals surface area (Å²) < 4.78 is 1.85. The third-order valence-corrected chi connectivity index (χ3v) is 3.67. The maximum atomic E-state index is 6.04. The fourth-order valence-corrected chi connectivity index (χ4v) is 2.61. The van der Waals surface area contributed by atoms with Crippen molar-refractivity contribution in [1.29, 1.82) is 0 Å². The Balaban J connectivity index is 2.29. The summed E-state index contributed by atoms with van der Waals surface area (Å²) in [5.74, 6) is 0.536. The Hall–Kier alpha value is -2.43. The minimum Gasteiger partial charge on any atom is -0.382 e. The fraction of sp³-hybridized carbons (Fsp3) is 0.312. The first-order chi connectivity index (χ1) is 10.1. The van der Waals surface area contributed by atoms with E-state index in [-0.39, 0.29) is 0 Å². The fourth-order valence-electron chi connectivity index (χ4n) is 2.61. The van der Waals surface area contributed by atoms with E-state index in [2.05, 4.69) is 29.1 Å². The number of aryl methyl sites for hydroxylation is 3. The van der Waals surface area contributed by atoms with Crippen LogP contribution >= 0.6 is 0 Å². The van der Waals surface area contributed by atoms with Gasteiger partial charge in [-0.05, 0) is 44.0 Å². The van der Waals surface area contributed by atoms with Crippen molar-refractivity contribution in [3.05, 3.63) is 35.8 Å². The Morgan fingerprint density at radius 1 is 1.24 bits per heavy atom. The molecule has 0 aliphatic heterocycles. The van der Waals surface area contributed by atoms with Crippen LogP contribution in [0.3, 0.4) is 0 Å². The van der Waals surface area contributed by atoms with Crippen LogP contribution in [0.5, 0.6) is 0 Å². The Kier molecular flexibility index (Phi) is 3.33. The van der Waals surface area contributed by atoms with Gasteiger partial charge in [-0.3, -0.25) is 4.98 Å². The number of hydrogen-bond acceptors (Lipinski definition) is 4. The number of nitrogen functional groups attached to an aromatic ring is 1. The topological polar surface area (TPSA) is 69.6 Å². The van der Waals surface area contributed by atoms with Crippen molar-refractivity contribution < 1.29 is 0 Å². The predicted molar refractivity (Wildman–Crippen MR) is 85.0 cm³/mol. The van der Waals surface area contributed by atoms with Crippen LogP contribution in [0.1, 0.15) is 25.2 Å². The predicted octanol–water partition coefficient (Wildman–Crippen LogP) is 2.97. The van der Waals surface area contributed by atoms with Gasteiger partial charge in [-0.15, -0.1) is 0 Å². The van der Waals surface area contributed by atoms with Crippen LogP contribution in [-0.2, 0) is 13.0 Å². The Bertz CT molecular complexity index is 804. The quantitative estimate of drug-likeness (QED) is 0.801. The lowest BCUT2D eigenvalue weighted by Crippen LogP contribution is -2.00. The van der Waals surface area contributed by atoms with E-state index >= 15 is 0 Å². The van der Waals surface area contributed by atoms with Crippen molar-refractivity contribution in [2.24, 2.45) is 0 Å². The molecule has 0 aliphatic rings. The second-order valence-electron chi connectivity index (χ2n) is 5.09. The first kappa shape index (κ1) is 13.5. The zero-order chi connectivity index (χ0) is 15.0. The van der Waals surface area contributed by atoms with Gasteiger partial charge in [0, 0.05) is 24.0 Å². The molecule has 0 saturated heterocycles. The van der Waals surface area contributed by atoms with Crippen molar-refractivity contribution in [3.8, 4) is 11.1 Å². The second-order valence-corrected chi connectivity index (χ2v) is 5.09. The minimum absolute atomic E-state index is 0.536. The molecule has 3 rings (SSSR count). The van der Waals surface area contributed by atoms with Crippen molar-refractivity contribution in [1.82, 2.24) is 19.7 Å². The molecule has 108 valence electrons. The molecular formula is C16H19N5. The number of aromatic nitrogens is 4. The highest BCUT2D eigenvalue weighted by Crippen LogP contribution is 2.29. The van der Waals surface area contributed by atoms with Crippen LogP contribution in [0.25, 0.3) is 22.2 Å². The highest BCUT2D eigenvalue weighted by Gasteiger charge is 2.14. The van der Waals surface area contributed by atoms with Gasteiger partial charge in [0.25, 0.3) is 0 Å². The molecule has 0 saturated carbocycles. The number of nitrogens with two attached hydrogens (primary N) is 1. The normalized spacial score (nSPS) is 11.2. The van der Waals surface area contributed by atoms with E-state index in [9.17, 15) is 0 Å². The van der Waals surface area contributed by atoms with E-state index in [0.717, 1.165) is 46.5 Å². The smallest absolute Gasteiger partial charge is 0.160 e. The molecule has 0 aliphatic carbocycles. The highest BCUT2D eigenvalue weighted by molar-refractivity contribution is 5.90. The maximum absolute atomic E-state index is 6.04. The average Bonchev–Trinajstić information content (AvgIpc) is 2.81. The summed E-state index contributed by atoms with van der Waals surface area (Å²) in [6.45, 7) is 6.91. The Labute approximate surface area is 123 Å². The van der Waals surface area contributed by atoms with E-state index in [1.807, 2.05) is 30.8 Å². The first-order valence-corrected chi connectivity index (χ1v) is 7.23. The molecule has 0 fully saturated rings. The molecule has 5 nitrogen and oxygen atoms in total. The van der Waals surface area contributed by atoms with Gasteiger partial charge in [0.1, 0.15) is 0 Å². The summed E-state index contributed by atoms with van der Waals surface area (Å²) in [5, 5.41) is 5.27. The molecule has 3 aromatic rings. The molecule has 0 spiro atoms. The number of anilines is 1. The van der Waals surface area contributed by atoms with Gasteiger partial charge >= 0.3 is 0 Å². The van der Waals surface area contributed by atoms with Crippen molar-refractivity contribution in [2.75, 3.05) is 5.73 Å². The first-order valence-electron chi connectivity index (χ1n) is 7.23. The number of rotatable bonds is 3. The van der Waals surface area contributed by atoms with Crippen LogP contribution in [0.15, 0.2) is 24.4 Å². The van der Waals surface area contributed by atoms with Gasteiger partial charge in [0.2, 0.25) is 0 Å². The lowest BCUT2D eigenvalue weighted by Gasteiger charge is -2.09. The van der Waals surface area contributed by atoms with Gasteiger partial charge in [0.15, 0.2) is 11.5 Å². The number of nitrogens with zero attached hydrogens (tertiary/aromatic N) is 4. The molecule has 0 amide bonds. The van der Waals surface area contributed by atoms with Crippen molar-refractivity contribution >= 4 is 16.9 Å². The lowest BCUT2D eigenvalue weighted by molar-refractivity contribution is 0.679. The van der Waals surface area contributed by atoms with Gasteiger partial charge < -0.3 is 5.73 Å². The van der Waals surface area contributed by atoms with Crippen molar-refractivity contribution in [2.45, 2.75) is 33.7 Å². The van der Waals surface area contributed by atoms with Gasteiger partial charge in [-0.2, -0.15) is 5.10 Å². The van der Waals surface area contributed by atoms with E-state index in [1.165, 1.54) is 0 Å². The SMILES string of the molecule is CCc1nc2c(cc1-c1ccnc(C)c1)c(N)nn2CC. The van der Waals surface area contributed by atoms with Crippen LogP contribution in [-0.4, -0.2) is 19.7 Å². The standard InChI is InChI=1S/C16H19N5/c1-4-14-12(11-6-7-18-10(3)8-11)9-13-15(17)20-21(5-2)16(13)19-14/h6-9H,4-5H2,1-3H3,(H2,17,20). The molecule has 3 aromatic heterocycles. The summed E-state index contributed by atoms with van der Waals surface area (Å²) in [7, 11) is 0. The number of pyridine rings is 2. The average molecular weight is 281 g/mol. The van der Waals surface area contributed by atoms with Crippen LogP contribution < -0.4 is 5.73 Å².